The minimum atomic E-state index is -0.170. The molecule has 0 spiro atoms. The van der Waals surface area contributed by atoms with E-state index in [1.807, 2.05) is 26.8 Å². The summed E-state index contributed by atoms with van der Waals surface area (Å²) in [5.74, 6) is -0.149. The Kier molecular flexibility index (Phi) is 2.48. The number of aromatic nitrogens is 3. The van der Waals surface area contributed by atoms with Crippen LogP contribution in [0.25, 0.3) is 5.65 Å². The Hall–Kier alpha value is -2.11. The molecule has 0 unspecified atom stereocenters. The zero-order valence-corrected chi connectivity index (χ0v) is 11.2. The second-order valence-electron chi connectivity index (χ2n) is 5.10. The fourth-order valence-corrected chi connectivity index (χ4v) is 2.40. The van der Waals surface area contributed by atoms with Crippen LogP contribution in [0.3, 0.4) is 0 Å². The molecular formula is C13H16N4O2. The van der Waals surface area contributed by atoms with Crippen LogP contribution in [0, 0.1) is 0 Å². The van der Waals surface area contributed by atoms with Gasteiger partial charge in [0.2, 0.25) is 0 Å². The van der Waals surface area contributed by atoms with E-state index in [-0.39, 0.29) is 17.5 Å². The van der Waals surface area contributed by atoms with Crippen LogP contribution in [-0.4, -0.2) is 31.4 Å². The lowest BCUT2D eigenvalue weighted by Gasteiger charge is -2.19. The molecule has 1 aliphatic rings. The maximum absolute atomic E-state index is 12.4. The van der Waals surface area contributed by atoms with E-state index in [9.17, 15) is 9.59 Å². The summed E-state index contributed by atoms with van der Waals surface area (Å²) < 4.78 is 1.43. The molecule has 0 fully saturated rings. The second-order valence-corrected chi connectivity index (χ2v) is 5.10. The Bertz CT molecular complexity index is 726. The molecule has 0 saturated carbocycles. The minimum absolute atomic E-state index is 0.0654. The van der Waals surface area contributed by atoms with Gasteiger partial charge in [-0.05, 0) is 20.3 Å². The van der Waals surface area contributed by atoms with Gasteiger partial charge in [-0.3, -0.25) is 14.7 Å². The number of hydrogen-bond donors (Lipinski definition) is 1. The number of nitrogens with zero attached hydrogens (tertiary/aromatic N) is 3. The van der Waals surface area contributed by atoms with Crippen molar-refractivity contribution in [1.82, 2.24) is 19.5 Å². The predicted octanol–water partition coefficient (Wildman–Crippen LogP) is 0.949. The molecule has 0 atom stereocenters. The van der Waals surface area contributed by atoms with Crippen molar-refractivity contribution in [3.8, 4) is 0 Å². The number of aryl methyl sites for hydroxylation is 1. The molecule has 0 saturated heterocycles. The van der Waals surface area contributed by atoms with Crippen LogP contribution in [0.1, 0.15) is 42.5 Å². The van der Waals surface area contributed by atoms with Gasteiger partial charge in [0.05, 0.1) is 12.1 Å². The monoisotopic (exact) mass is 260 g/mol. The van der Waals surface area contributed by atoms with Crippen molar-refractivity contribution < 1.29 is 4.79 Å². The van der Waals surface area contributed by atoms with Crippen LogP contribution in [0.5, 0.6) is 0 Å². The summed E-state index contributed by atoms with van der Waals surface area (Å²) in [5, 5.41) is 3.01. The second kappa shape index (κ2) is 3.94. The Labute approximate surface area is 110 Å². The third-order valence-electron chi connectivity index (χ3n) is 3.56. The Morgan fingerprint density at radius 1 is 1.42 bits per heavy atom. The van der Waals surface area contributed by atoms with E-state index in [1.54, 1.807) is 4.90 Å². The fraction of sp³-hybridized carbons (Fsp3) is 0.462. The Morgan fingerprint density at radius 2 is 2.16 bits per heavy atom. The Morgan fingerprint density at radius 3 is 2.79 bits per heavy atom. The van der Waals surface area contributed by atoms with Gasteiger partial charge in [0.15, 0.2) is 5.65 Å². The first-order chi connectivity index (χ1) is 9.02. The molecule has 100 valence electrons. The van der Waals surface area contributed by atoms with Crippen molar-refractivity contribution in [2.75, 3.05) is 0 Å². The highest BCUT2D eigenvalue weighted by Gasteiger charge is 2.33. The van der Waals surface area contributed by atoms with Gasteiger partial charge < -0.3 is 4.90 Å². The van der Waals surface area contributed by atoms with Gasteiger partial charge in [-0.1, -0.05) is 6.92 Å². The molecule has 2 aromatic rings. The number of hydrogen-bond acceptors (Lipinski definition) is 3. The number of aromatic amines is 1. The molecule has 6 nitrogen and oxygen atoms in total. The molecule has 0 radical (unpaired) electrons. The maximum atomic E-state index is 12.4. The maximum Gasteiger partial charge on any atom is 0.278 e. The van der Waals surface area contributed by atoms with E-state index < -0.39 is 0 Å². The van der Waals surface area contributed by atoms with Crippen molar-refractivity contribution in [3.63, 3.8) is 0 Å². The number of rotatable bonds is 2. The molecule has 1 aliphatic heterocycles. The first kappa shape index (κ1) is 12.0. The molecule has 0 bridgehead atoms. The first-order valence-electron chi connectivity index (χ1n) is 6.47. The average Bonchev–Trinajstić information content (AvgIpc) is 2.92. The van der Waals surface area contributed by atoms with Gasteiger partial charge in [0.1, 0.15) is 5.69 Å². The van der Waals surface area contributed by atoms with Gasteiger partial charge in [-0.15, -0.1) is 0 Å². The lowest BCUT2D eigenvalue weighted by atomic mass is 10.2. The lowest BCUT2D eigenvalue weighted by molar-refractivity contribution is 0.0726. The van der Waals surface area contributed by atoms with E-state index in [0.29, 0.717) is 23.4 Å². The zero-order valence-electron chi connectivity index (χ0n) is 11.2. The topological polar surface area (TPSA) is 70.5 Å². The van der Waals surface area contributed by atoms with Gasteiger partial charge in [-0.2, -0.15) is 0 Å². The van der Waals surface area contributed by atoms with Crippen molar-refractivity contribution in [2.45, 2.75) is 39.8 Å². The van der Waals surface area contributed by atoms with Gasteiger partial charge >= 0.3 is 0 Å². The molecule has 1 amide bonds. The number of fused-ring (bicyclic) bond motifs is 2. The summed E-state index contributed by atoms with van der Waals surface area (Å²) in [6.45, 7) is 6.21. The highest BCUT2D eigenvalue weighted by atomic mass is 16.2. The van der Waals surface area contributed by atoms with Crippen LogP contribution in [0.2, 0.25) is 0 Å². The van der Waals surface area contributed by atoms with Crippen molar-refractivity contribution in [3.05, 3.63) is 33.4 Å². The van der Waals surface area contributed by atoms with Gasteiger partial charge in [-0.25, -0.2) is 9.50 Å². The number of H-pyrrole nitrogens is 1. The van der Waals surface area contributed by atoms with Crippen LogP contribution in [-0.2, 0) is 13.0 Å². The lowest BCUT2D eigenvalue weighted by Crippen LogP contribution is -2.31. The normalized spacial score (nSPS) is 14.7. The van der Waals surface area contributed by atoms with E-state index in [0.717, 1.165) is 12.1 Å². The van der Waals surface area contributed by atoms with Crippen molar-refractivity contribution >= 4 is 11.6 Å². The molecule has 0 aromatic carbocycles. The molecule has 3 heterocycles. The average molecular weight is 260 g/mol. The third kappa shape index (κ3) is 1.59. The number of carbonyl (C=O) groups is 1. The standard InChI is InChI=1S/C13H16N4O2/c1-4-8-5-10-14-11-9(12(18)17(10)15-8)6-16(7(2)3)13(11)19/h5,7,15H,4,6H2,1-3H3. The van der Waals surface area contributed by atoms with E-state index >= 15 is 0 Å². The number of carbonyl (C=O) groups excluding carboxylic acids is 1. The SMILES string of the molecule is CCc1cc2nc3c(c(=O)n2[nH]1)CN(C(C)C)C3=O. The summed E-state index contributed by atoms with van der Waals surface area (Å²) in [5.41, 5.74) is 2.07. The largest absolute Gasteiger partial charge is 0.330 e. The van der Waals surface area contributed by atoms with E-state index in [4.69, 9.17) is 0 Å². The predicted molar refractivity (Wildman–Crippen MR) is 70.2 cm³/mol. The quantitative estimate of drug-likeness (QED) is 0.874. The van der Waals surface area contributed by atoms with Crippen LogP contribution in [0.4, 0.5) is 0 Å². The molecule has 6 heteroatoms. The third-order valence-corrected chi connectivity index (χ3v) is 3.56. The highest BCUT2D eigenvalue weighted by molar-refractivity contribution is 5.96. The zero-order chi connectivity index (χ0) is 13.7. The van der Waals surface area contributed by atoms with Gasteiger partial charge in [0, 0.05) is 17.8 Å². The molecule has 3 rings (SSSR count). The number of amides is 1. The summed E-state index contributed by atoms with van der Waals surface area (Å²) in [7, 11) is 0. The van der Waals surface area contributed by atoms with Crippen LogP contribution < -0.4 is 5.56 Å². The fourth-order valence-electron chi connectivity index (χ4n) is 2.40. The summed E-state index contributed by atoms with van der Waals surface area (Å²) in [6.07, 6.45) is 0.791. The number of nitrogens with one attached hydrogen (secondary N) is 1. The molecule has 19 heavy (non-hydrogen) atoms. The van der Waals surface area contributed by atoms with E-state index in [1.165, 1.54) is 4.52 Å². The molecular weight excluding hydrogens is 244 g/mol. The van der Waals surface area contributed by atoms with Gasteiger partial charge in [0.25, 0.3) is 11.5 Å². The van der Waals surface area contributed by atoms with Crippen LogP contribution >= 0.6 is 0 Å². The first-order valence-corrected chi connectivity index (χ1v) is 6.47. The smallest absolute Gasteiger partial charge is 0.278 e. The molecule has 0 aliphatic carbocycles. The highest BCUT2D eigenvalue weighted by Crippen LogP contribution is 2.21. The summed E-state index contributed by atoms with van der Waals surface area (Å²) in [6, 6.07) is 1.88. The Balaban J connectivity index is 2.23. The van der Waals surface area contributed by atoms with Crippen LogP contribution in [0.15, 0.2) is 10.9 Å². The molecule has 2 aromatic heterocycles. The van der Waals surface area contributed by atoms with Crippen molar-refractivity contribution in [2.24, 2.45) is 0 Å². The summed E-state index contributed by atoms with van der Waals surface area (Å²) in [4.78, 5) is 30.6. The van der Waals surface area contributed by atoms with Crippen molar-refractivity contribution in [1.29, 1.82) is 0 Å². The molecule has 1 N–H and O–H groups in total. The summed E-state index contributed by atoms with van der Waals surface area (Å²) >= 11 is 0. The van der Waals surface area contributed by atoms with E-state index in [2.05, 4.69) is 10.1 Å². The minimum Gasteiger partial charge on any atom is -0.330 e.